The lowest BCUT2D eigenvalue weighted by atomic mass is 10.2. The lowest BCUT2D eigenvalue weighted by Crippen LogP contribution is -2.25. The fraction of sp³-hybridized carbons (Fsp3) is 0.238. The number of para-hydroxylation sites is 2. The van der Waals surface area contributed by atoms with Gasteiger partial charge in [-0.05, 0) is 53.2 Å². The third-order valence-corrected chi connectivity index (χ3v) is 5.74. The van der Waals surface area contributed by atoms with Crippen molar-refractivity contribution in [2.45, 2.75) is 18.1 Å². The first-order chi connectivity index (χ1) is 15.6. The van der Waals surface area contributed by atoms with E-state index in [1.54, 1.807) is 31.3 Å². The molecule has 0 spiro atoms. The van der Waals surface area contributed by atoms with Crippen LogP contribution in [-0.4, -0.2) is 53.9 Å². The Kier molecular flexibility index (Phi) is 6.75. The minimum Gasteiger partial charge on any atom is -0.352 e. The lowest BCUT2D eigenvalue weighted by molar-refractivity contribution is -0.113. The van der Waals surface area contributed by atoms with Crippen LogP contribution >= 0.6 is 11.8 Å². The molecule has 0 atom stereocenters. The lowest BCUT2D eigenvalue weighted by Gasteiger charge is -2.08. The summed E-state index contributed by atoms with van der Waals surface area (Å²) in [4.78, 5) is 28.8. The smallest absolute Gasteiger partial charge is 0.251 e. The van der Waals surface area contributed by atoms with Crippen LogP contribution < -0.4 is 10.6 Å². The SMILES string of the molecule is Cn1nnnc1SCC(=O)Nc1ccc(C(=O)NCCCn2cnc3ccccc32)cc1. The maximum atomic E-state index is 12.4. The highest BCUT2D eigenvalue weighted by molar-refractivity contribution is 7.99. The first-order valence-corrected chi connectivity index (χ1v) is 11.0. The number of nitrogens with zero attached hydrogens (tertiary/aromatic N) is 6. The molecule has 0 aliphatic carbocycles. The molecule has 0 bridgehead atoms. The summed E-state index contributed by atoms with van der Waals surface area (Å²) in [6.07, 6.45) is 2.61. The predicted molar refractivity (Wildman–Crippen MR) is 121 cm³/mol. The zero-order valence-electron chi connectivity index (χ0n) is 17.4. The second-order valence-corrected chi connectivity index (χ2v) is 7.98. The van der Waals surface area contributed by atoms with Crippen LogP contribution in [0.2, 0.25) is 0 Å². The first kappa shape index (κ1) is 21.5. The first-order valence-electron chi connectivity index (χ1n) is 10.0. The van der Waals surface area contributed by atoms with Crippen molar-refractivity contribution in [3.05, 3.63) is 60.4 Å². The standard InChI is InChI=1S/C21H22N8O2S/c1-28-21(25-26-27-28)32-13-19(30)24-16-9-7-15(8-10-16)20(31)22-11-4-12-29-14-23-17-5-2-3-6-18(17)29/h2-3,5-10,14H,4,11-13H2,1H3,(H,22,31)(H,24,30). The Balaban J connectivity index is 1.20. The Hall–Kier alpha value is -3.73. The number of aromatic nitrogens is 6. The summed E-state index contributed by atoms with van der Waals surface area (Å²) >= 11 is 1.24. The molecule has 2 heterocycles. The number of nitrogens with one attached hydrogen (secondary N) is 2. The van der Waals surface area contributed by atoms with Crippen molar-refractivity contribution in [1.82, 2.24) is 35.1 Å². The average molecular weight is 451 g/mol. The van der Waals surface area contributed by atoms with Crippen LogP contribution in [0.15, 0.2) is 60.0 Å². The Morgan fingerprint density at radius 2 is 1.91 bits per heavy atom. The van der Waals surface area contributed by atoms with Gasteiger partial charge in [-0.3, -0.25) is 9.59 Å². The van der Waals surface area contributed by atoms with Gasteiger partial charge in [-0.1, -0.05) is 23.9 Å². The van der Waals surface area contributed by atoms with Crippen molar-refractivity contribution < 1.29 is 9.59 Å². The van der Waals surface area contributed by atoms with Crippen molar-refractivity contribution >= 4 is 40.3 Å². The second kappa shape index (κ2) is 10.1. The number of anilines is 1. The summed E-state index contributed by atoms with van der Waals surface area (Å²) in [5, 5.41) is 17.4. The molecule has 2 N–H and O–H groups in total. The van der Waals surface area contributed by atoms with E-state index in [1.165, 1.54) is 16.4 Å². The average Bonchev–Trinajstić information content (AvgIpc) is 3.41. The van der Waals surface area contributed by atoms with Gasteiger partial charge in [-0.2, -0.15) is 0 Å². The van der Waals surface area contributed by atoms with E-state index in [0.29, 0.717) is 23.0 Å². The molecular formula is C21H22N8O2S. The van der Waals surface area contributed by atoms with Gasteiger partial charge in [0.1, 0.15) is 0 Å². The Labute approximate surface area is 188 Å². The van der Waals surface area contributed by atoms with Crippen LogP contribution in [-0.2, 0) is 18.4 Å². The molecule has 11 heteroatoms. The maximum absolute atomic E-state index is 12.4. The van der Waals surface area contributed by atoms with Crippen molar-refractivity contribution in [2.75, 3.05) is 17.6 Å². The van der Waals surface area contributed by atoms with Crippen molar-refractivity contribution in [3.63, 3.8) is 0 Å². The summed E-state index contributed by atoms with van der Waals surface area (Å²) in [5.41, 5.74) is 3.21. The van der Waals surface area contributed by atoms with Gasteiger partial charge in [0, 0.05) is 31.4 Å². The Morgan fingerprint density at radius 1 is 1.09 bits per heavy atom. The van der Waals surface area contributed by atoms with Crippen molar-refractivity contribution in [2.24, 2.45) is 7.05 Å². The quantitative estimate of drug-likeness (QED) is 0.296. The van der Waals surface area contributed by atoms with Crippen LogP contribution in [0.3, 0.4) is 0 Å². The number of rotatable bonds is 9. The summed E-state index contributed by atoms with van der Waals surface area (Å²) < 4.78 is 3.58. The van der Waals surface area contributed by atoms with Gasteiger partial charge in [-0.25, -0.2) is 9.67 Å². The Bertz CT molecular complexity index is 1220. The molecule has 2 amide bonds. The summed E-state index contributed by atoms with van der Waals surface area (Å²) in [6.45, 7) is 1.33. The molecule has 0 unspecified atom stereocenters. The van der Waals surface area contributed by atoms with Gasteiger partial charge in [0.05, 0.1) is 23.1 Å². The van der Waals surface area contributed by atoms with Crippen LogP contribution in [0.25, 0.3) is 11.0 Å². The molecule has 4 rings (SSSR count). The van der Waals surface area contributed by atoms with Gasteiger partial charge in [0.25, 0.3) is 5.91 Å². The predicted octanol–water partition coefficient (Wildman–Crippen LogP) is 2.11. The third kappa shape index (κ3) is 5.30. The fourth-order valence-electron chi connectivity index (χ4n) is 3.12. The number of tetrazole rings is 1. The van der Waals surface area contributed by atoms with E-state index in [2.05, 4.69) is 35.7 Å². The number of aryl methyl sites for hydroxylation is 2. The molecule has 0 saturated heterocycles. The molecule has 2 aromatic carbocycles. The highest BCUT2D eigenvalue weighted by Gasteiger charge is 2.09. The van der Waals surface area contributed by atoms with Gasteiger partial charge in [0.2, 0.25) is 11.1 Å². The van der Waals surface area contributed by atoms with Crippen LogP contribution in [0.5, 0.6) is 0 Å². The Morgan fingerprint density at radius 3 is 2.69 bits per heavy atom. The van der Waals surface area contributed by atoms with Crippen LogP contribution in [0, 0.1) is 0 Å². The molecule has 0 fully saturated rings. The maximum Gasteiger partial charge on any atom is 0.251 e. The highest BCUT2D eigenvalue weighted by atomic mass is 32.2. The summed E-state index contributed by atoms with van der Waals surface area (Å²) in [7, 11) is 1.71. The molecule has 164 valence electrons. The number of hydrogen-bond donors (Lipinski definition) is 2. The van der Waals surface area contributed by atoms with Gasteiger partial charge in [0.15, 0.2) is 0 Å². The zero-order chi connectivity index (χ0) is 22.3. The molecule has 0 saturated carbocycles. The summed E-state index contributed by atoms with van der Waals surface area (Å²) in [5.74, 6) is -0.145. The van der Waals surface area contributed by atoms with Crippen molar-refractivity contribution in [3.8, 4) is 0 Å². The van der Waals surface area contributed by atoms with Gasteiger partial charge < -0.3 is 15.2 Å². The minimum atomic E-state index is -0.178. The normalized spacial score (nSPS) is 10.9. The van der Waals surface area contributed by atoms with E-state index in [-0.39, 0.29) is 17.6 Å². The number of fused-ring (bicyclic) bond motifs is 1. The number of hydrogen-bond acceptors (Lipinski definition) is 7. The largest absolute Gasteiger partial charge is 0.352 e. The van der Waals surface area contributed by atoms with E-state index in [9.17, 15) is 9.59 Å². The number of carbonyl (C=O) groups is 2. The van der Waals surface area contributed by atoms with E-state index in [0.717, 1.165) is 24.0 Å². The monoisotopic (exact) mass is 450 g/mol. The molecule has 2 aromatic heterocycles. The zero-order valence-corrected chi connectivity index (χ0v) is 18.2. The molecule has 4 aromatic rings. The van der Waals surface area contributed by atoms with E-state index in [4.69, 9.17) is 0 Å². The van der Waals surface area contributed by atoms with Crippen LogP contribution in [0.1, 0.15) is 16.8 Å². The molecule has 0 aliphatic heterocycles. The number of benzene rings is 2. The van der Waals surface area contributed by atoms with Crippen LogP contribution in [0.4, 0.5) is 5.69 Å². The number of imidazole rings is 1. The number of carbonyl (C=O) groups excluding carboxylic acids is 2. The fourth-order valence-corrected chi connectivity index (χ4v) is 3.77. The van der Waals surface area contributed by atoms with E-state index >= 15 is 0 Å². The molecule has 32 heavy (non-hydrogen) atoms. The minimum absolute atomic E-state index is 0.149. The van der Waals surface area contributed by atoms with Crippen molar-refractivity contribution in [1.29, 1.82) is 0 Å². The number of thioether (sulfide) groups is 1. The highest BCUT2D eigenvalue weighted by Crippen LogP contribution is 2.15. The topological polar surface area (TPSA) is 120 Å². The van der Waals surface area contributed by atoms with Gasteiger partial charge in [-0.15, -0.1) is 5.10 Å². The second-order valence-electron chi connectivity index (χ2n) is 7.04. The molecule has 10 nitrogen and oxygen atoms in total. The molecule has 0 radical (unpaired) electrons. The number of amides is 2. The van der Waals surface area contributed by atoms with E-state index in [1.807, 2.05) is 30.6 Å². The summed E-state index contributed by atoms with van der Waals surface area (Å²) in [6, 6.07) is 14.8. The van der Waals surface area contributed by atoms with E-state index < -0.39 is 0 Å². The van der Waals surface area contributed by atoms with Gasteiger partial charge >= 0.3 is 0 Å². The molecule has 0 aliphatic rings. The molecular weight excluding hydrogens is 428 g/mol. The third-order valence-electron chi connectivity index (χ3n) is 4.73.